The van der Waals surface area contributed by atoms with Gasteiger partial charge in [-0.15, -0.1) is 0 Å². The number of nitriles is 1. The number of aromatic nitrogens is 3. The Hall–Kier alpha value is -3.97. The molecule has 0 atom stereocenters. The van der Waals surface area contributed by atoms with Gasteiger partial charge in [0.15, 0.2) is 0 Å². The quantitative estimate of drug-likeness (QED) is 0.592. The van der Waals surface area contributed by atoms with Gasteiger partial charge in [-0.1, -0.05) is 0 Å². The second-order valence-electron chi connectivity index (χ2n) is 8.69. The summed E-state index contributed by atoms with van der Waals surface area (Å²) >= 11 is 0. The lowest BCUT2D eigenvalue weighted by molar-refractivity contribution is 0.0127. The van der Waals surface area contributed by atoms with Gasteiger partial charge in [0.2, 0.25) is 0 Å². The Morgan fingerprint density at radius 1 is 1.24 bits per heavy atom. The van der Waals surface area contributed by atoms with Gasteiger partial charge in [-0.05, 0) is 38.1 Å². The Labute approximate surface area is 194 Å². The number of rotatable bonds is 5. The van der Waals surface area contributed by atoms with Crippen LogP contribution in [0.1, 0.15) is 41.2 Å². The van der Waals surface area contributed by atoms with Crippen LogP contribution in [0.25, 0.3) is 11.1 Å². The van der Waals surface area contributed by atoms with E-state index < -0.39 is 23.1 Å². The molecule has 0 unspecified atom stereocenters. The van der Waals surface area contributed by atoms with Crippen molar-refractivity contribution in [3.8, 4) is 17.2 Å². The molecule has 1 fully saturated rings. The minimum atomic E-state index is -3.17. The molecule has 1 amide bonds. The Morgan fingerprint density at radius 2 is 1.97 bits per heavy atom. The largest absolute Gasteiger partial charge is 0.386 e. The zero-order chi connectivity index (χ0) is 24.7. The third-order valence-electron chi connectivity index (χ3n) is 5.48. The monoisotopic (exact) mass is 464 g/mol. The van der Waals surface area contributed by atoms with Crippen molar-refractivity contribution in [3.05, 3.63) is 65.4 Å². The fraction of sp³-hybridized carbons (Fsp3) is 0.292. The summed E-state index contributed by atoms with van der Waals surface area (Å²) in [5, 5.41) is 22.3. The maximum atomic E-state index is 13.6. The molecule has 0 radical (unpaired) electrons. The highest BCUT2D eigenvalue weighted by atomic mass is 19.3. The topological polar surface area (TPSA) is 115 Å². The first-order valence-corrected chi connectivity index (χ1v) is 10.5. The predicted molar refractivity (Wildman–Crippen MR) is 122 cm³/mol. The Balaban J connectivity index is 1.59. The summed E-state index contributed by atoms with van der Waals surface area (Å²) in [6, 6.07) is 7.91. The van der Waals surface area contributed by atoms with Gasteiger partial charge in [-0.2, -0.15) is 14.0 Å². The molecule has 174 valence electrons. The van der Waals surface area contributed by atoms with Crippen LogP contribution in [0.15, 0.2) is 42.9 Å². The molecule has 0 bridgehead atoms. The molecular weight excluding hydrogens is 442 g/mol. The number of nitrogens with one attached hydrogen (secondary N) is 1. The lowest BCUT2D eigenvalue weighted by Gasteiger charge is -2.45. The molecular formula is C24H22F2N6O2. The predicted octanol–water partition coefficient (Wildman–Crippen LogP) is 3.65. The van der Waals surface area contributed by atoms with Gasteiger partial charge in [0.05, 0.1) is 23.0 Å². The summed E-state index contributed by atoms with van der Waals surface area (Å²) < 4.78 is 27.1. The molecule has 0 saturated carbocycles. The number of pyridine rings is 3. The summed E-state index contributed by atoms with van der Waals surface area (Å²) in [7, 11) is 0. The van der Waals surface area contributed by atoms with Crippen LogP contribution in [0.3, 0.4) is 0 Å². The fourth-order valence-corrected chi connectivity index (χ4v) is 3.77. The third-order valence-corrected chi connectivity index (χ3v) is 5.48. The van der Waals surface area contributed by atoms with Crippen molar-refractivity contribution in [2.75, 3.05) is 23.3 Å². The number of anilines is 2. The highest BCUT2D eigenvalue weighted by molar-refractivity contribution is 6.04. The number of nitrogens with zero attached hydrogens (tertiary/aromatic N) is 5. The second kappa shape index (κ2) is 8.43. The van der Waals surface area contributed by atoms with E-state index in [1.807, 2.05) is 4.90 Å². The van der Waals surface area contributed by atoms with Crippen LogP contribution in [0, 0.1) is 18.3 Å². The van der Waals surface area contributed by atoms with E-state index in [1.165, 1.54) is 12.3 Å². The summed E-state index contributed by atoms with van der Waals surface area (Å²) in [5.74, 6) is -3.26. The van der Waals surface area contributed by atoms with Crippen LogP contribution >= 0.6 is 0 Å². The number of aryl methyl sites for hydroxylation is 1. The molecule has 0 spiro atoms. The van der Waals surface area contributed by atoms with E-state index in [9.17, 15) is 23.9 Å². The van der Waals surface area contributed by atoms with E-state index >= 15 is 0 Å². The SMILES string of the molecule is Cc1ncc(NC(=O)c2ccnc(C(C)(F)F)c2)cc1-c1cnc(N2CC(C)(O)C2)c(C#N)c1. The molecule has 34 heavy (non-hydrogen) atoms. The third kappa shape index (κ3) is 4.70. The zero-order valence-electron chi connectivity index (χ0n) is 18.8. The van der Waals surface area contributed by atoms with Gasteiger partial charge in [0, 0.05) is 54.8 Å². The van der Waals surface area contributed by atoms with Crippen molar-refractivity contribution in [2.45, 2.75) is 32.3 Å². The van der Waals surface area contributed by atoms with E-state index in [0.717, 1.165) is 12.3 Å². The van der Waals surface area contributed by atoms with Crippen LogP contribution < -0.4 is 10.2 Å². The fourth-order valence-electron chi connectivity index (χ4n) is 3.77. The number of amides is 1. The van der Waals surface area contributed by atoms with Gasteiger partial charge in [-0.25, -0.2) is 4.98 Å². The maximum absolute atomic E-state index is 13.6. The Bertz CT molecular complexity index is 1310. The van der Waals surface area contributed by atoms with Crippen LogP contribution in [-0.2, 0) is 5.92 Å². The van der Waals surface area contributed by atoms with E-state index in [1.54, 1.807) is 32.2 Å². The Morgan fingerprint density at radius 3 is 2.62 bits per heavy atom. The molecule has 8 nitrogen and oxygen atoms in total. The van der Waals surface area contributed by atoms with Crippen molar-refractivity contribution in [1.29, 1.82) is 5.26 Å². The molecule has 10 heteroatoms. The zero-order valence-corrected chi connectivity index (χ0v) is 18.8. The van der Waals surface area contributed by atoms with Gasteiger partial charge in [0.1, 0.15) is 17.6 Å². The number of halogens is 2. The van der Waals surface area contributed by atoms with Crippen LogP contribution in [0.2, 0.25) is 0 Å². The lowest BCUT2D eigenvalue weighted by Crippen LogP contribution is -2.60. The molecule has 1 saturated heterocycles. The lowest BCUT2D eigenvalue weighted by atomic mass is 9.96. The number of β-amino-alcohol motifs (C(OH)–C–C–N with tert-alkyl or cyclic N) is 1. The van der Waals surface area contributed by atoms with E-state index in [-0.39, 0.29) is 5.56 Å². The van der Waals surface area contributed by atoms with Crippen LogP contribution in [0.5, 0.6) is 0 Å². The van der Waals surface area contributed by atoms with Gasteiger partial charge < -0.3 is 15.3 Å². The summed E-state index contributed by atoms with van der Waals surface area (Å²) in [6.45, 7) is 4.99. The second-order valence-corrected chi connectivity index (χ2v) is 8.69. The Kier molecular flexibility index (Phi) is 5.75. The highest BCUT2D eigenvalue weighted by Gasteiger charge is 2.38. The van der Waals surface area contributed by atoms with Crippen LogP contribution in [-0.4, -0.2) is 44.7 Å². The summed E-state index contributed by atoms with van der Waals surface area (Å²) in [5.41, 5.74) is 1.38. The van der Waals surface area contributed by atoms with E-state index in [2.05, 4.69) is 26.3 Å². The van der Waals surface area contributed by atoms with Gasteiger partial charge in [0.25, 0.3) is 11.8 Å². The highest BCUT2D eigenvalue weighted by Crippen LogP contribution is 2.32. The normalized spacial score (nSPS) is 14.8. The van der Waals surface area contributed by atoms with Gasteiger partial charge >= 0.3 is 0 Å². The standard InChI is InChI=1S/C24H22F2N6O2/c1-14-19(17-6-16(9-27)21(30-10-17)32-12-23(2,34)13-32)8-18(11-29-14)31-22(33)15-4-5-28-20(7-15)24(3,25)26/h4-8,10-11,34H,12-13H2,1-3H3,(H,31,33). The van der Waals surface area contributed by atoms with Crippen molar-refractivity contribution in [3.63, 3.8) is 0 Å². The van der Waals surface area contributed by atoms with Crippen molar-refractivity contribution >= 4 is 17.4 Å². The smallest absolute Gasteiger partial charge is 0.286 e. The number of aliphatic hydroxyl groups is 1. The maximum Gasteiger partial charge on any atom is 0.286 e. The molecule has 2 N–H and O–H groups in total. The first-order chi connectivity index (χ1) is 16.0. The first kappa shape index (κ1) is 23.2. The average molecular weight is 464 g/mol. The molecule has 1 aliphatic rings. The van der Waals surface area contributed by atoms with Crippen LogP contribution in [0.4, 0.5) is 20.3 Å². The van der Waals surface area contributed by atoms with Gasteiger partial charge in [-0.3, -0.25) is 14.8 Å². The number of hydrogen-bond donors (Lipinski definition) is 2. The van der Waals surface area contributed by atoms with E-state index in [0.29, 0.717) is 53.9 Å². The van der Waals surface area contributed by atoms with Crippen molar-refractivity contribution in [1.82, 2.24) is 15.0 Å². The number of alkyl halides is 2. The minimum absolute atomic E-state index is 0.0388. The molecule has 4 heterocycles. The summed E-state index contributed by atoms with van der Waals surface area (Å²) in [6.07, 6.45) is 4.23. The molecule has 0 aromatic carbocycles. The first-order valence-electron chi connectivity index (χ1n) is 10.5. The minimum Gasteiger partial charge on any atom is -0.386 e. The van der Waals surface area contributed by atoms with Crippen molar-refractivity contribution in [2.24, 2.45) is 0 Å². The molecule has 1 aliphatic heterocycles. The molecule has 4 rings (SSSR count). The molecule has 3 aromatic heterocycles. The number of carbonyl (C=O) groups is 1. The van der Waals surface area contributed by atoms with E-state index in [4.69, 9.17) is 0 Å². The summed E-state index contributed by atoms with van der Waals surface area (Å²) in [4.78, 5) is 26.8. The average Bonchev–Trinajstić information content (AvgIpc) is 2.77. The molecule has 3 aromatic rings. The molecule has 0 aliphatic carbocycles. The number of hydrogen-bond acceptors (Lipinski definition) is 7. The van der Waals surface area contributed by atoms with Crippen molar-refractivity contribution < 1.29 is 18.7 Å². The number of carbonyl (C=O) groups excluding carboxylic acids is 1.